The molecule has 21 heavy (non-hydrogen) atoms. The molecule has 2 rings (SSSR count). The molecule has 1 heterocycles. The second kappa shape index (κ2) is 8.40. The first-order chi connectivity index (χ1) is 9.73. The molecule has 0 aromatic heterocycles. The molecular formula is C17H26ClNO2. The van der Waals surface area contributed by atoms with Gasteiger partial charge < -0.3 is 9.64 Å². The number of nitrogens with zero attached hydrogens (tertiary/aromatic N) is 1. The fraction of sp³-hybridized carbons (Fsp3) is 0.588. The van der Waals surface area contributed by atoms with E-state index in [0.717, 1.165) is 44.5 Å². The summed E-state index contributed by atoms with van der Waals surface area (Å²) in [7, 11) is 0. The van der Waals surface area contributed by atoms with Crippen molar-refractivity contribution in [2.45, 2.75) is 38.5 Å². The van der Waals surface area contributed by atoms with Gasteiger partial charge in [0.15, 0.2) is 0 Å². The van der Waals surface area contributed by atoms with Crippen molar-refractivity contribution < 1.29 is 9.53 Å². The van der Waals surface area contributed by atoms with Crippen LogP contribution in [0.5, 0.6) is 0 Å². The number of carbonyl (C=O) groups is 1. The Morgan fingerprint density at radius 1 is 1.19 bits per heavy atom. The van der Waals surface area contributed by atoms with E-state index in [-0.39, 0.29) is 18.4 Å². The molecule has 0 atom stereocenters. The zero-order chi connectivity index (χ0) is 14.4. The second-order valence-corrected chi connectivity index (χ2v) is 5.51. The lowest BCUT2D eigenvalue weighted by Gasteiger charge is -2.40. The third-order valence-corrected chi connectivity index (χ3v) is 4.24. The molecule has 1 saturated heterocycles. The third-order valence-electron chi connectivity index (χ3n) is 4.24. The van der Waals surface area contributed by atoms with Gasteiger partial charge in [0.25, 0.3) is 0 Å². The molecular weight excluding hydrogens is 286 g/mol. The first-order valence-corrected chi connectivity index (χ1v) is 7.68. The van der Waals surface area contributed by atoms with Gasteiger partial charge in [0.05, 0.1) is 12.0 Å². The number of esters is 1. The molecule has 1 aliphatic rings. The minimum absolute atomic E-state index is 0. The van der Waals surface area contributed by atoms with Crippen molar-refractivity contribution in [3.63, 3.8) is 0 Å². The van der Waals surface area contributed by atoms with Crippen molar-refractivity contribution >= 4 is 18.4 Å². The van der Waals surface area contributed by atoms with E-state index in [2.05, 4.69) is 24.0 Å². The Morgan fingerprint density at radius 3 is 2.33 bits per heavy atom. The number of hydrogen-bond donors (Lipinski definition) is 0. The molecule has 118 valence electrons. The summed E-state index contributed by atoms with van der Waals surface area (Å²) in [4.78, 5) is 15.0. The van der Waals surface area contributed by atoms with Crippen LogP contribution in [0.15, 0.2) is 30.3 Å². The van der Waals surface area contributed by atoms with Crippen LogP contribution in [0.3, 0.4) is 0 Å². The van der Waals surface area contributed by atoms with Crippen molar-refractivity contribution in [1.29, 1.82) is 0 Å². The lowest BCUT2D eigenvalue weighted by atomic mass is 9.72. The lowest BCUT2D eigenvalue weighted by Crippen LogP contribution is -2.48. The molecule has 0 unspecified atom stereocenters. The van der Waals surface area contributed by atoms with Gasteiger partial charge in [0.1, 0.15) is 0 Å². The highest BCUT2D eigenvalue weighted by Crippen LogP contribution is 2.36. The fourth-order valence-electron chi connectivity index (χ4n) is 3.11. The van der Waals surface area contributed by atoms with Crippen molar-refractivity contribution in [3.05, 3.63) is 35.9 Å². The van der Waals surface area contributed by atoms with E-state index in [4.69, 9.17) is 4.74 Å². The Hall–Kier alpha value is -1.06. The number of halogens is 1. The molecule has 0 aliphatic carbocycles. The predicted molar refractivity (Wildman–Crippen MR) is 88.0 cm³/mol. The molecule has 1 aliphatic heterocycles. The van der Waals surface area contributed by atoms with Gasteiger partial charge in [-0.25, -0.2) is 0 Å². The van der Waals surface area contributed by atoms with Crippen molar-refractivity contribution in [1.82, 2.24) is 4.90 Å². The third kappa shape index (κ3) is 3.98. The molecule has 3 nitrogen and oxygen atoms in total. The molecule has 0 N–H and O–H groups in total. The Morgan fingerprint density at radius 2 is 1.81 bits per heavy atom. The first-order valence-electron chi connectivity index (χ1n) is 7.68. The standard InChI is InChI=1S/C17H25NO2.ClH/c1-3-12-18-13-10-17(11-14-18,16(19)20-4-2)15-8-6-5-7-9-15;/h5-9H,3-4,10-14H2,1-2H3;1H. The summed E-state index contributed by atoms with van der Waals surface area (Å²) in [5.41, 5.74) is 0.663. The Bertz CT molecular complexity index is 428. The summed E-state index contributed by atoms with van der Waals surface area (Å²) in [5.74, 6) is -0.0534. The summed E-state index contributed by atoms with van der Waals surface area (Å²) in [6.07, 6.45) is 2.88. The molecule has 0 amide bonds. The van der Waals surface area contributed by atoms with Gasteiger partial charge >= 0.3 is 5.97 Å². The number of likely N-dealkylation sites (tertiary alicyclic amines) is 1. The van der Waals surface area contributed by atoms with Crippen molar-refractivity contribution in [3.8, 4) is 0 Å². The van der Waals surface area contributed by atoms with E-state index < -0.39 is 5.41 Å². The van der Waals surface area contributed by atoms with Gasteiger partial charge in [0, 0.05) is 0 Å². The van der Waals surface area contributed by atoms with Crippen molar-refractivity contribution in [2.75, 3.05) is 26.2 Å². The predicted octanol–water partition coefficient (Wildman–Crippen LogP) is 3.42. The zero-order valence-electron chi connectivity index (χ0n) is 13.0. The second-order valence-electron chi connectivity index (χ2n) is 5.51. The molecule has 0 bridgehead atoms. The average Bonchev–Trinajstić information content (AvgIpc) is 2.49. The molecule has 0 saturated carbocycles. The summed E-state index contributed by atoms with van der Waals surface area (Å²) >= 11 is 0. The summed E-state index contributed by atoms with van der Waals surface area (Å²) in [5, 5.41) is 0. The minimum atomic E-state index is -0.443. The summed E-state index contributed by atoms with van der Waals surface area (Å²) < 4.78 is 5.38. The van der Waals surface area contributed by atoms with Gasteiger partial charge in [0.2, 0.25) is 0 Å². The zero-order valence-corrected chi connectivity index (χ0v) is 13.8. The van der Waals surface area contributed by atoms with E-state index in [9.17, 15) is 4.79 Å². The molecule has 1 aromatic rings. The van der Waals surface area contributed by atoms with Crippen LogP contribution >= 0.6 is 12.4 Å². The summed E-state index contributed by atoms with van der Waals surface area (Å²) in [6.45, 7) is 7.59. The number of piperidine rings is 1. The van der Waals surface area contributed by atoms with Crippen LogP contribution in [0.25, 0.3) is 0 Å². The maximum atomic E-state index is 12.5. The molecule has 1 aromatic carbocycles. The Balaban J connectivity index is 0.00000220. The Labute approximate surface area is 134 Å². The van der Waals surface area contributed by atoms with E-state index in [1.165, 1.54) is 0 Å². The van der Waals surface area contributed by atoms with Crippen LogP contribution in [0, 0.1) is 0 Å². The van der Waals surface area contributed by atoms with Gasteiger partial charge in [-0.1, -0.05) is 37.3 Å². The van der Waals surface area contributed by atoms with E-state index in [1.807, 2.05) is 25.1 Å². The van der Waals surface area contributed by atoms with Crippen LogP contribution in [-0.4, -0.2) is 37.1 Å². The van der Waals surface area contributed by atoms with Crippen LogP contribution in [-0.2, 0) is 14.9 Å². The average molecular weight is 312 g/mol. The van der Waals surface area contributed by atoms with E-state index in [0.29, 0.717) is 6.61 Å². The van der Waals surface area contributed by atoms with Crippen LogP contribution in [0.1, 0.15) is 38.7 Å². The molecule has 0 radical (unpaired) electrons. The molecule has 4 heteroatoms. The van der Waals surface area contributed by atoms with E-state index in [1.54, 1.807) is 0 Å². The normalized spacial score (nSPS) is 17.8. The SMILES string of the molecule is CCCN1CCC(C(=O)OCC)(c2ccccc2)CC1.Cl. The monoisotopic (exact) mass is 311 g/mol. The van der Waals surface area contributed by atoms with Gasteiger partial charge in [-0.05, 0) is 51.4 Å². The van der Waals surface area contributed by atoms with Gasteiger partial charge in [-0.3, -0.25) is 4.79 Å². The smallest absolute Gasteiger partial charge is 0.316 e. The number of hydrogen-bond acceptors (Lipinski definition) is 3. The lowest BCUT2D eigenvalue weighted by molar-refractivity contribution is -0.152. The minimum Gasteiger partial charge on any atom is -0.465 e. The summed E-state index contributed by atoms with van der Waals surface area (Å²) in [6, 6.07) is 10.1. The number of rotatable bonds is 5. The highest BCUT2D eigenvalue weighted by atomic mass is 35.5. The van der Waals surface area contributed by atoms with Crippen LogP contribution in [0.2, 0.25) is 0 Å². The maximum Gasteiger partial charge on any atom is 0.316 e. The number of benzene rings is 1. The van der Waals surface area contributed by atoms with Crippen molar-refractivity contribution in [2.24, 2.45) is 0 Å². The van der Waals surface area contributed by atoms with Gasteiger partial charge in [-0.15, -0.1) is 12.4 Å². The largest absolute Gasteiger partial charge is 0.465 e. The number of ether oxygens (including phenoxy) is 1. The maximum absolute atomic E-state index is 12.5. The number of carbonyl (C=O) groups excluding carboxylic acids is 1. The Kier molecular flexibility index (Phi) is 7.20. The van der Waals surface area contributed by atoms with Crippen LogP contribution in [0.4, 0.5) is 0 Å². The topological polar surface area (TPSA) is 29.5 Å². The molecule has 1 fully saturated rings. The highest BCUT2D eigenvalue weighted by Gasteiger charge is 2.43. The molecule has 0 spiro atoms. The first kappa shape index (κ1) is 18.0. The van der Waals surface area contributed by atoms with Gasteiger partial charge in [-0.2, -0.15) is 0 Å². The quantitative estimate of drug-likeness (QED) is 0.780. The highest BCUT2D eigenvalue weighted by molar-refractivity contribution is 5.85. The van der Waals surface area contributed by atoms with E-state index >= 15 is 0 Å². The fourth-order valence-corrected chi connectivity index (χ4v) is 3.11. The van der Waals surface area contributed by atoms with Crippen LogP contribution < -0.4 is 0 Å².